The van der Waals surface area contributed by atoms with Crippen LogP contribution in [0.2, 0.25) is 0 Å². The highest BCUT2D eigenvalue weighted by Gasteiger charge is 2.07. The van der Waals surface area contributed by atoms with Crippen LogP contribution in [-0.4, -0.2) is 17.1 Å². The molecule has 0 saturated carbocycles. The molecule has 2 nitrogen and oxygen atoms in total. The highest BCUT2D eigenvalue weighted by Crippen LogP contribution is 2.17. The van der Waals surface area contributed by atoms with Crippen LogP contribution in [0.1, 0.15) is 32.8 Å². The average molecular weight is 242 g/mol. The molecule has 0 unspecified atom stereocenters. The second-order valence-corrected chi connectivity index (χ2v) is 5.77. The maximum atomic E-state index is 4.49. The molecule has 0 radical (unpaired) electrons. The number of aryl methyl sites for hydroxylation is 1. The van der Waals surface area contributed by atoms with E-state index in [1.54, 1.807) is 0 Å². The van der Waals surface area contributed by atoms with E-state index >= 15 is 0 Å². The molecule has 1 heterocycles. The molecule has 1 aromatic heterocycles. The number of fused-ring (bicyclic) bond motifs is 1. The van der Waals surface area contributed by atoms with Crippen molar-refractivity contribution in [1.82, 2.24) is 10.3 Å². The van der Waals surface area contributed by atoms with E-state index in [0.29, 0.717) is 0 Å². The Morgan fingerprint density at radius 2 is 1.89 bits per heavy atom. The maximum absolute atomic E-state index is 4.49. The molecule has 18 heavy (non-hydrogen) atoms. The van der Waals surface area contributed by atoms with E-state index < -0.39 is 0 Å². The molecule has 1 N–H and O–H groups in total. The van der Waals surface area contributed by atoms with Crippen molar-refractivity contribution in [2.75, 3.05) is 6.54 Å². The molecule has 0 aliphatic carbocycles. The van der Waals surface area contributed by atoms with Gasteiger partial charge in [0.2, 0.25) is 0 Å². The van der Waals surface area contributed by atoms with Gasteiger partial charge in [-0.05, 0) is 51.8 Å². The van der Waals surface area contributed by atoms with E-state index in [0.717, 1.165) is 24.9 Å². The zero-order valence-electron chi connectivity index (χ0n) is 11.5. The second-order valence-electron chi connectivity index (χ2n) is 5.77. The second kappa shape index (κ2) is 5.49. The first-order valence-corrected chi connectivity index (χ1v) is 6.64. The molecule has 0 spiro atoms. The normalized spacial score (nSPS) is 11.9. The number of aromatic nitrogens is 1. The van der Waals surface area contributed by atoms with Crippen LogP contribution in [0.4, 0.5) is 0 Å². The van der Waals surface area contributed by atoms with Gasteiger partial charge in [-0.25, -0.2) is 0 Å². The Kier molecular flexibility index (Phi) is 3.97. The summed E-state index contributed by atoms with van der Waals surface area (Å²) in [6.07, 6.45) is 4.10. The molecule has 2 rings (SSSR count). The van der Waals surface area contributed by atoms with Gasteiger partial charge in [-0.15, -0.1) is 0 Å². The summed E-state index contributed by atoms with van der Waals surface area (Å²) >= 11 is 0. The third-order valence-electron chi connectivity index (χ3n) is 2.99. The summed E-state index contributed by atoms with van der Waals surface area (Å²) in [4.78, 5) is 4.49. The molecule has 0 aliphatic heterocycles. The number of para-hydroxylation sites is 1. The lowest BCUT2D eigenvalue weighted by atomic mass is 10.0. The monoisotopic (exact) mass is 242 g/mol. The molecule has 0 fully saturated rings. The van der Waals surface area contributed by atoms with Crippen molar-refractivity contribution in [2.24, 2.45) is 0 Å². The lowest BCUT2D eigenvalue weighted by Crippen LogP contribution is -2.36. The third kappa shape index (κ3) is 3.54. The van der Waals surface area contributed by atoms with Crippen LogP contribution >= 0.6 is 0 Å². The molecular formula is C16H22N2. The van der Waals surface area contributed by atoms with Crippen molar-refractivity contribution >= 4 is 10.9 Å². The summed E-state index contributed by atoms with van der Waals surface area (Å²) in [6.45, 7) is 7.65. The predicted molar refractivity (Wildman–Crippen MR) is 77.8 cm³/mol. The summed E-state index contributed by atoms with van der Waals surface area (Å²) < 4.78 is 0. The van der Waals surface area contributed by atoms with Gasteiger partial charge in [0.1, 0.15) is 0 Å². The van der Waals surface area contributed by atoms with Crippen LogP contribution in [0.15, 0.2) is 36.5 Å². The van der Waals surface area contributed by atoms with E-state index in [-0.39, 0.29) is 5.54 Å². The van der Waals surface area contributed by atoms with Crippen molar-refractivity contribution in [3.05, 3.63) is 42.1 Å². The Bertz CT molecular complexity index is 506. The molecule has 0 bridgehead atoms. The minimum absolute atomic E-state index is 0.205. The minimum atomic E-state index is 0.205. The quantitative estimate of drug-likeness (QED) is 0.829. The van der Waals surface area contributed by atoms with Gasteiger partial charge in [0, 0.05) is 17.1 Å². The summed E-state index contributed by atoms with van der Waals surface area (Å²) in [6, 6.07) is 10.6. The Balaban J connectivity index is 2.00. The lowest BCUT2D eigenvalue weighted by Gasteiger charge is -2.20. The summed E-state index contributed by atoms with van der Waals surface area (Å²) in [5, 5.41) is 4.75. The highest BCUT2D eigenvalue weighted by atomic mass is 14.9. The zero-order chi connectivity index (χ0) is 13.0. The Labute approximate surface area is 109 Å². The van der Waals surface area contributed by atoms with Gasteiger partial charge in [0.05, 0.1) is 5.52 Å². The van der Waals surface area contributed by atoms with Crippen molar-refractivity contribution in [3.8, 4) is 0 Å². The van der Waals surface area contributed by atoms with E-state index in [4.69, 9.17) is 0 Å². The van der Waals surface area contributed by atoms with Crippen LogP contribution in [0.3, 0.4) is 0 Å². The molecule has 0 saturated heterocycles. The van der Waals surface area contributed by atoms with Crippen LogP contribution in [0.5, 0.6) is 0 Å². The van der Waals surface area contributed by atoms with E-state index in [1.165, 1.54) is 10.9 Å². The van der Waals surface area contributed by atoms with E-state index in [1.807, 2.05) is 12.3 Å². The van der Waals surface area contributed by atoms with Gasteiger partial charge in [0.15, 0.2) is 0 Å². The fraction of sp³-hybridized carbons (Fsp3) is 0.438. The number of pyridine rings is 1. The average Bonchev–Trinajstić information content (AvgIpc) is 2.33. The first-order valence-electron chi connectivity index (χ1n) is 6.64. The predicted octanol–water partition coefficient (Wildman–Crippen LogP) is 3.56. The summed E-state index contributed by atoms with van der Waals surface area (Å²) in [5.74, 6) is 0. The van der Waals surface area contributed by atoms with Crippen molar-refractivity contribution in [3.63, 3.8) is 0 Å². The van der Waals surface area contributed by atoms with Gasteiger partial charge < -0.3 is 5.32 Å². The lowest BCUT2D eigenvalue weighted by molar-refractivity contribution is 0.422. The standard InChI is InChI=1S/C16H22N2/c1-16(2,3)18-12-6-10-14-8-4-7-13-9-5-11-17-15(13)14/h4-5,7-9,11,18H,6,10,12H2,1-3H3. The molecule has 0 aliphatic rings. The van der Waals surface area contributed by atoms with Crippen LogP contribution in [0.25, 0.3) is 10.9 Å². The molecule has 2 heteroatoms. The highest BCUT2D eigenvalue weighted by molar-refractivity contribution is 5.81. The van der Waals surface area contributed by atoms with Gasteiger partial charge in [-0.2, -0.15) is 0 Å². The van der Waals surface area contributed by atoms with E-state index in [2.05, 4.69) is 55.3 Å². The van der Waals surface area contributed by atoms with E-state index in [9.17, 15) is 0 Å². The van der Waals surface area contributed by atoms with Gasteiger partial charge in [-0.1, -0.05) is 24.3 Å². The molecule has 0 amide bonds. The molecular weight excluding hydrogens is 220 g/mol. The van der Waals surface area contributed by atoms with Crippen LogP contribution < -0.4 is 5.32 Å². The smallest absolute Gasteiger partial charge is 0.0733 e. The Morgan fingerprint density at radius 3 is 2.67 bits per heavy atom. The number of hydrogen-bond donors (Lipinski definition) is 1. The zero-order valence-corrected chi connectivity index (χ0v) is 11.5. The molecule has 2 aromatic rings. The number of nitrogens with one attached hydrogen (secondary N) is 1. The largest absolute Gasteiger partial charge is 0.312 e. The molecule has 1 aromatic carbocycles. The summed E-state index contributed by atoms with van der Waals surface area (Å²) in [7, 11) is 0. The SMILES string of the molecule is CC(C)(C)NCCCc1cccc2cccnc12. The summed E-state index contributed by atoms with van der Waals surface area (Å²) in [5.41, 5.74) is 2.70. The number of rotatable bonds is 4. The minimum Gasteiger partial charge on any atom is -0.312 e. The maximum Gasteiger partial charge on any atom is 0.0733 e. The van der Waals surface area contributed by atoms with Gasteiger partial charge in [-0.3, -0.25) is 4.98 Å². The van der Waals surface area contributed by atoms with Crippen LogP contribution in [-0.2, 0) is 6.42 Å². The molecule has 96 valence electrons. The third-order valence-corrected chi connectivity index (χ3v) is 2.99. The van der Waals surface area contributed by atoms with Crippen molar-refractivity contribution in [1.29, 1.82) is 0 Å². The first-order chi connectivity index (χ1) is 8.56. The van der Waals surface area contributed by atoms with Crippen molar-refractivity contribution < 1.29 is 0 Å². The first kappa shape index (κ1) is 13.0. The topological polar surface area (TPSA) is 24.9 Å². The number of benzene rings is 1. The number of hydrogen-bond acceptors (Lipinski definition) is 2. The fourth-order valence-electron chi connectivity index (χ4n) is 2.11. The molecule has 0 atom stereocenters. The fourth-order valence-corrected chi connectivity index (χ4v) is 2.11. The van der Waals surface area contributed by atoms with Gasteiger partial charge >= 0.3 is 0 Å². The Morgan fingerprint density at radius 1 is 1.11 bits per heavy atom. The Hall–Kier alpha value is -1.41. The van der Waals surface area contributed by atoms with Gasteiger partial charge in [0.25, 0.3) is 0 Å². The van der Waals surface area contributed by atoms with Crippen LogP contribution in [0, 0.1) is 0 Å². The van der Waals surface area contributed by atoms with Crippen molar-refractivity contribution in [2.45, 2.75) is 39.2 Å². The number of nitrogens with zero attached hydrogens (tertiary/aromatic N) is 1.